The topological polar surface area (TPSA) is 82.2 Å². The lowest BCUT2D eigenvalue weighted by molar-refractivity contribution is -0.134. The molecule has 4 saturated carbocycles. The number of carbonyl (C=O) groups excluding carboxylic acids is 1. The molecule has 1 amide bonds. The minimum Gasteiger partial charge on any atom is -0.393 e. The Bertz CT molecular complexity index is 839. The minimum atomic E-state index is -0.0555. The molecule has 204 valence electrons. The number of aliphatic hydroxyl groups is 1. The highest BCUT2D eigenvalue weighted by molar-refractivity contribution is 5.79. The molecule has 0 aromatic rings. The Morgan fingerprint density at radius 3 is 2.36 bits per heavy atom. The molecule has 0 radical (unpaired) electrons. The Kier molecular flexibility index (Phi) is 7.39. The van der Waals surface area contributed by atoms with Crippen molar-refractivity contribution in [2.45, 2.75) is 97.5 Å². The van der Waals surface area contributed by atoms with Crippen LogP contribution in [0.4, 0.5) is 0 Å². The van der Waals surface area contributed by atoms with E-state index in [1.165, 1.54) is 44.9 Å². The number of carbonyl (C=O) groups is 1. The molecule has 1 heterocycles. The lowest BCUT2D eigenvalue weighted by Gasteiger charge is -2.61. The van der Waals surface area contributed by atoms with Crippen LogP contribution in [-0.4, -0.2) is 66.1 Å². The van der Waals surface area contributed by atoms with Crippen molar-refractivity contribution >= 4 is 11.9 Å². The molecule has 0 bridgehead atoms. The van der Waals surface area contributed by atoms with E-state index in [2.05, 4.69) is 30.7 Å². The van der Waals surface area contributed by atoms with Crippen LogP contribution in [-0.2, 0) is 4.79 Å². The lowest BCUT2D eigenvalue weighted by atomic mass is 9.44. The highest BCUT2D eigenvalue weighted by atomic mass is 16.3. The third kappa shape index (κ3) is 4.47. The first-order chi connectivity index (χ1) is 17.2. The fourth-order valence-corrected chi connectivity index (χ4v) is 10.2. The number of piperazine rings is 1. The Labute approximate surface area is 219 Å². The van der Waals surface area contributed by atoms with Gasteiger partial charge in [-0.3, -0.25) is 9.79 Å². The first kappa shape index (κ1) is 26.3. The van der Waals surface area contributed by atoms with Gasteiger partial charge in [0.25, 0.3) is 0 Å². The molecule has 0 spiro atoms. The molecule has 0 aromatic carbocycles. The van der Waals surface area contributed by atoms with Gasteiger partial charge in [0, 0.05) is 39.6 Å². The summed E-state index contributed by atoms with van der Waals surface area (Å²) in [5.41, 5.74) is 6.86. The van der Waals surface area contributed by atoms with Crippen molar-refractivity contribution in [1.82, 2.24) is 9.80 Å². The summed E-state index contributed by atoms with van der Waals surface area (Å²) in [4.78, 5) is 21.2. The van der Waals surface area contributed by atoms with E-state index in [0.717, 1.165) is 75.0 Å². The monoisotopic (exact) mass is 500 g/mol. The van der Waals surface area contributed by atoms with Crippen LogP contribution in [0.1, 0.15) is 91.4 Å². The summed E-state index contributed by atoms with van der Waals surface area (Å²) in [5, 5.41) is 10.3. The molecular weight excluding hydrogens is 448 g/mol. The van der Waals surface area contributed by atoms with Crippen LogP contribution in [0.5, 0.6) is 0 Å². The summed E-state index contributed by atoms with van der Waals surface area (Å²) in [6, 6.07) is 0. The van der Waals surface area contributed by atoms with Crippen molar-refractivity contribution in [3.8, 4) is 0 Å². The van der Waals surface area contributed by atoms with E-state index >= 15 is 0 Å². The van der Waals surface area contributed by atoms with Crippen LogP contribution in [0.15, 0.2) is 4.99 Å². The number of hydrogen-bond donors (Lipinski definition) is 2. The van der Waals surface area contributed by atoms with Crippen molar-refractivity contribution in [3.63, 3.8) is 0 Å². The van der Waals surface area contributed by atoms with Crippen LogP contribution in [0.2, 0.25) is 0 Å². The fraction of sp³-hybridized carbons (Fsp3) is 0.933. The molecule has 6 heteroatoms. The summed E-state index contributed by atoms with van der Waals surface area (Å²) < 4.78 is 0. The van der Waals surface area contributed by atoms with E-state index < -0.39 is 0 Å². The number of rotatable bonds is 4. The van der Waals surface area contributed by atoms with Gasteiger partial charge in [0.05, 0.1) is 6.10 Å². The molecule has 5 aliphatic rings. The van der Waals surface area contributed by atoms with Crippen molar-refractivity contribution in [2.24, 2.45) is 57.1 Å². The molecule has 6 nitrogen and oxygen atoms in total. The van der Waals surface area contributed by atoms with Crippen molar-refractivity contribution in [2.75, 3.05) is 33.2 Å². The summed E-state index contributed by atoms with van der Waals surface area (Å²) >= 11 is 0. The molecule has 1 aliphatic heterocycles. The molecule has 5 fully saturated rings. The number of aliphatic hydroxyl groups excluding tert-OH is 1. The number of nitrogens with two attached hydrogens (primary N) is 1. The molecule has 1 unspecified atom stereocenters. The molecule has 36 heavy (non-hydrogen) atoms. The van der Waals surface area contributed by atoms with Gasteiger partial charge in [-0.25, -0.2) is 0 Å². The zero-order valence-electron chi connectivity index (χ0n) is 23.4. The zero-order chi connectivity index (χ0) is 25.7. The molecule has 0 aromatic heterocycles. The van der Waals surface area contributed by atoms with Crippen molar-refractivity contribution in [1.29, 1.82) is 0 Å². The van der Waals surface area contributed by atoms with Gasteiger partial charge in [0.15, 0.2) is 5.96 Å². The van der Waals surface area contributed by atoms with Gasteiger partial charge in [0.1, 0.15) is 0 Å². The van der Waals surface area contributed by atoms with Gasteiger partial charge in [-0.2, -0.15) is 0 Å². The smallest absolute Gasteiger partial charge is 0.222 e. The third-order valence-electron chi connectivity index (χ3n) is 12.4. The quantitative estimate of drug-likeness (QED) is 0.439. The maximum Gasteiger partial charge on any atom is 0.222 e. The second-order valence-electron chi connectivity index (χ2n) is 13.8. The molecule has 1 saturated heterocycles. The average Bonchev–Trinajstić information content (AvgIpc) is 3.24. The first-order valence-corrected chi connectivity index (χ1v) is 15.1. The number of aliphatic imine (C=N–C) groups is 1. The van der Waals surface area contributed by atoms with Gasteiger partial charge in [-0.15, -0.1) is 0 Å². The average molecular weight is 501 g/mol. The maximum absolute atomic E-state index is 13.0. The van der Waals surface area contributed by atoms with Crippen molar-refractivity contribution < 1.29 is 9.90 Å². The SMILES string of the molecule is CN=C(N)N1CCN(C(=O)CCC(C)[C@H]2CC[C@H]3[C@@H]4CC[C@H]5C[C@@H](O)CC[C@]5(C)[C@H]4CC[C@]23C)CC1. The van der Waals surface area contributed by atoms with Crippen LogP contribution in [0.25, 0.3) is 0 Å². The predicted octanol–water partition coefficient (Wildman–Crippen LogP) is 4.51. The molecule has 3 N–H and O–H groups in total. The normalized spacial score (nSPS) is 44.0. The molecule has 4 aliphatic carbocycles. The largest absolute Gasteiger partial charge is 0.393 e. The Morgan fingerprint density at radius 1 is 0.972 bits per heavy atom. The van der Waals surface area contributed by atoms with Crippen LogP contribution < -0.4 is 5.73 Å². The standard InChI is InChI=1S/C30H52N4O2/c1-20(5-10-27(36)33-15-17-34(18-16-33)28(31)32-4)24-8-9-25-23-7-6-21-19-22(35)11-13-29(21,2)26(23)12-14-30(24,25)3/h20-26,35H,5-19H2,1-4H3,(H2,31,32)/t20?,21-,22-,23-,24+,25-,26-,29-,30+/m0/s1. The molecule has 9 atom stereocenters. The Balaban J connectivity index is 1.17. The molecule has 5 rings (SSSR count). The predicted molar refractivity (Wildman–Crippen MR) is 145 cm³/mol. The number of fused-ring (bicyclic) bond motifs is 5. The van der Waals surface area contributed by atoms with Gasteiger partial charge in [-0.1, -0.05) is 20.8 Å². The number of nitrogens with zero attached hydrogens (tertiary/aromatic N) is 3. The van der Waals surface area contributed by atoms with E-state index in [-0.39, 0.29) is 6.10 Å². The second kappa shape index (κ2) is 10.1. The van der Waals surface area contributed by atoms with E-state index in [0.29, 0.717) is 35.0 Å². The summed E-state index contributed by atoms with van der Waals surface area (Å²) in [6.45, 7) is 10.7. The van der Waals surface area contributed by atoms with Gasteiger partial charge in [0.2, 0.25) is 5.91 Å². The summed E-state index contributed by atoms with van der Waals surface area (Å²) in [7, 11) is 1.72. The highest BCUT2D eigenvalue weighted by Gasteiger charge is 2.60. The highest BCUT2D eigenvalue weighted by Crippen LogP contribution is 2.68. The van der Waals surface area contributed by atoms with Crippen LogP contribution >= 0.6 is 0 Å². The van der Waals surface area contributed by atoms with E-state index in [9.17, 15) is 9.90 Å². The number of guanidine groups is 1. The summed E-state index contributed by atoms with van der Waals surface area (Å²) in [5.74, 6) is 5.62. The minimum absolute atomic E-state index is 0.0555. The number of hydrogen-bond acceptors (Lipinski definition) is 3. The third-order valence-corrected chi connectivity index (χ3v) is 12.4. The van der Waals surface area contributed by atoms with E-state index in [1.807, 2.05) is 4.90 Å². The lowest BCUT2D eigenvalue weighted by Crippen LogP contribution is -2.54. The first-order valence-electron chi connectivity index (χ1n) is 15.1. The van der Waals surface area contributed by atoms with E-state index in [1.54, 1.807) is 7.05 Å². The number of amides is 1. The van der Waals surface area contributed by atoms with Gasteiger partial charge >= 0.3 is 0 Å². The van der Waals surface area contributed by atoms with Gasteiger partial charge < -0.3 is 20.6 Å². The summed E-state index contributed by atoms with van der Waals surface area (Å²) in [6.07, 6.45) is 13.2. The Hall–Kier alpha value is -1.30. The fourth-order valence-electron chi connectivity index (χ4n) is 10.2. The second-order valence-corrected chi connectivity index (χ2v) is 13.8. The van der Waals surface area contributed by atoms with Crippen LogP contribution in [0, 0.1) is 46.3 Å². The zero-order valence-corrected chi connectivity index (χ0v) is 23.4. The van der Waals surface area contributed by atoms with Crippen LogP contribution in [0.3, 0.4) is 0 Å². The Morgan fingerprint density at radius 2 is 1.64 bits per heavy atom. The maximum atomic E-state index is 13.0. The van der Waals surface area contributed by atoms with Crippen molar-refractivity contribution in [3.05, 3.63) is 0 Å². The molecular formula is C30H52N4O2. The van der Waals surface area contributed by atoms with Gasteiger partial charge in [-0.05, 0) is 111 Å². The van der Waals surface area contributed by atoms with E-state index in [4.69, 9.17) is 5.73 Å².